The molecule has 134 valence electrons. The van der Waals surface area contributed by atoms with Crippen LogP contribution in [0.25, 0.3) is 0 Å². The number of benzene rings is 1. The van der Waals surface area contributed by atoms with E-state index in [1.807, 2.05) is 6.92 Å². The molecule has 1 aromatic carbocycles. The van der Waals surface area contributed by atoms with E-state index in [0.29, 0.717) is 24.4 Å². The third kappa shape index (κ3) is 4.39. The van der Waals surface area contributed by atoms with Gasteiger partial charge in [-0.25, -0.2) is 4.39 Å². The van der Waals surface area contributed by atoms with Crippen LogP contribution in [0.4, 0.5) is 4.39 Å². The van der Waals surface area contributed by atoms with Crippen molar-refractivity contribution in [2.75, 3.05) is 7.11 Å². The van der Waals surface area contributed by atoms with E-state index in [0.717, 1.165) is 18.4 Å². The molecular formula is C18H26ClFN2O2. The lowest BCUT2D eigenvalue weighted by Crippen LogP contribution is -2.40. The molecular weight excluding hydrogens is 331 g/mol. The van der Waals surface area contributed by atoms with Crippen LogP contribution in [0.5, 0.6) is 5.75 Å². The number of hydrogen-bond acceptors (Lipinski definition) is 3. The lowest BCUT2D eigenvalue weighted by Gasteiger charge is -2.29. The van der Waals surface area contributed by atoms with E-state index < -0.39 is 5.82 Å². The second-order valence-corrected chi connectivity index (χ2v) is 6.86. The molecule has 24 heavy (non-hydrogen) atoms. The molecule has 0 aromatic heterocycles. The molecule has 6 heteroatoms. The third-order valence-corrected chi connectivity index (χ3v) is 5.10. The molecule has 0 saturated carbocycles. The highest BCUT2D eigenvalue weighted by Crippen LogP contribution is 2.32. The van der Waals surface area contributed by atoms with Gasteiger partial charge in [-0.1, -0.05) is 6.07 Å². The predicted octanol–water partition coefficient (Wildman–Crippen LogP) is 3.35. The van der Waals surface area contributed by atoms with Gasteiger partial charge in [-0.2, -0.15) is 0 Å². The van der Waals surface area contributed by atoms with Crippen LogP contribution in [0.1, 0.15) is 50.6 Å². The first-order valence-electron chi connectivity index (χ1n) is 8.44. The molecule has 3 rings (SSSR count). The summed E-state index contributed by atoms with van der Waals surface area (Å²) < 4.78 is 18.7. The fourth-order valence-corrected chi connectivity index (χ4v) is 3.94. The summed E-state index contributed by atoms with van der Waals surface area (Å²) >= 11 is 0. The molecule has 1 amide bonds. The lowest BCUT2D eigenvalue weighted by molar-refractivity contribution is -0.122. The Balaban J connectivity index is 0.00000208. The van der Waals surface area contributed by atoms with Gasteiger partial charge in [0.25, 0.3) is 0 Å². The molecule has 2 aliphatic heterocycles. The Morgan fingerprint density at radius 2 is 2.04 bits per heavy atom. The number of ether oxygens (including phenoxy) is 1. The van der Waals surface area contributed by atoms with Crippen LogP contribution in [0.2, 0.25) is 0 Å². The van der Waals surface area contributed by atoms with Crippen molar-refractivity contribution in [2.24, 2.45) is 5.92 Å². The third-order valence-electron chi connectivity index (χ3n) is 5.10. The summed E-state index contributed by atoms with van der Waals surface area (Å²) in [5.41, 5.74) is 0.752. The average Bonchev–Trinajstić information content (AvgIpc) is 2.85. The molecule has 4 nitrogen and oxygen atoms in total. The van der Waals surface area contributed by atoms with Gasteiger partial charge < -0.3 is 15.4 Å². The number of carbonyl (C=O) groups is 1. The van der Waals surface area contributed by atoms with Crippen molar-refractivity contribution in [1.29, 1.82) is 0 Å². The van der Waals surface area contributed by atoms with Crippen molar-refractivity contribution in [3.05, 3.63) is 29.6 Å². The molecule has 2 N–H and O–H groups in total. The summed E-state index contributed by atoms with van der Waals surface area (Å²) in [4.78, 5) is 12.3. The number of hydrogen-bond donors (Lipinski definition) is 2. The number of amides is 1. The van der Waals surface area contributed by atoms with Gasteiger partial charge >= 0.3 is 0 Å². The van der Waals surface area contributed by atoms with Gasteiger partial charge in [-0.3, -0.25) is 4.79 Å². The van der Waals surface area contributed by atoms with E-state index in [1.54, 1.807) is 12.1 Å². The lowest BCUT2D eigenvalue weighted by atomic mass is 9.89. The largest absolute Gasteiger partial charge is 0.494 e. The summed E-state index contributed by atoms with van der Waals surface area (Å²) in [7, 11) is 1.44. The Kier molecular flexibility index (Phi) is 6.47. The van der Waals surface area contributed by atoms with Crippen molar-refractivity contribution in [1.82, 2.24) is 10.6 Å². The Morgan fingerprint density at radius 3 is 2.62 bits per heavy atom. The summed E-state index contributed by atoms with van der Waals surface area (Å²) in [6.07, 6.45) is 5.23. The Labute approximate surface area is 148 Å². The smallest absolute Gasteiger partial charge is 0.220 e. The van der Waals surface area contributed by atoms with Crippen molar-refractivity contribution in [3.8, 4) is 5.75 Å². The molecule has 2 bridgehead atoms. The number of carbonyl (C=O) groups excluding carboxylic acids is 1. The molecule has 0 spiro atoms. The SMILES string of the molecule is COc1ccc(C(C)NC(=O)CC2CC3CCC(C2)N3)cc1F.Cl. The van der Waals surface area contributed by atoms with E-state index in [4.69, 9.17) is 4.74 Å². The molecule has 2 aliphatic rings. The maximum absolute atomic E-state index is 13.8. The van der Waals surface area contributed by atoms with E-state index in [2.05, 4.69) is 10.6 Å². The van der Waals surface area contributed by atoms with Crippen LogP contribution in [-0.4, -0.2) is 25.1 Å². The predicted molar refractivity (Wildman–Crippen MR) is 94.0 cm³/mol. The first-order chi connectivity index (χ1) is 11.0. The fraction of sp³-hybridized carbons (Fsp3) is 0.611. The van der Waals surface area contributed by atoms with E-state index >= 15 is 0 Å². The second-order valence-electron chi connectivity index (χ2n) is 6.86. The average molecular weight is 357 g/mol. The minimum absolute atomic E-state index is 0. The van der Waals surface area contributed by atoms with E-state index in [9.17, 15) is 9.18 Å². The van der Waals surface area contributed by atoms with Gasteiger partial charge in [-0.05, 0) is 56.2 Å². The van der Waals surface area contributed by atoms with Crippen molar-refractivity contribution >= 4 is 18.3 Å². The quantitative estimate of drug-likeness (QED) is 0.850. The number of halogens is 2. The molecule has 2 heterocycles. The Hall–Kier alpha value is -1.33. The number of piperidine rings is 1. The molecule has 1 aromatic rings. The van der Waals surface area contributed by atoms with Gasteiger partial charge in [0.1, 0.15) is 0 Å². The highest BCUT2D eigenvalue weighted by atomic mass is 35.5. The molecule has 2 saturated heterocycles. The van der Waals surface area contributed by atoms with Gasteiger partial charge in [0, 0.05) is 18.5 Å². The highest BCUT2D eigenvalue weighted by molar-refractivity contribution is 5.85. The van der Waals surface area contributed by atoms with Gasteiger partial charge in [0.2, 0.25) is 5.91 Å². The normalized spacial score (nSPS) is 26.4. The van der Waals surface area contributed by atoms with Crippen LogP contribution >= 0.6 is 12.4 Å². The molecule has 3 atom stereocenters. The van der Waals surface area contributed by atoms with Crippen LogP contribution < -0.4 is 15.4 Å². The van der Waals surface area contributed by atoms with E-state index in [1.165, 1.54) is 26.0 Å². The number of nitrogens with one attached hydrogen (secondary N) is 2. The van der Waals surface area contributed by atoms with Crippen LogP contribution in [0.3, 0.4) is 0 Å². The van der Waals surface area contributed by atoms with Crippen molar-refractivity contribution in [3.63, 3.8) is 0 Å². The highest BCUT2D eigenvalue weighted by Gasteiger charge is 2.34. The summed E-state index contributed by atoms with van der Waals surface area (Å²) in [5.74, 6) is 0.340. The zero-order chi connectivity index (χ0) is 16.4. The number of fused-ring (bicyclic) bond motifs is 2. The number of methoxy groups -OCH3 is 1. The standard InChI is InChI=1S/C18H25FN2O2.ClH/c1-11(13-3-6-17(23-2)16(19)10-13)20-18(22)9-12-7-14-4-5-15(8-12)21-14;/h3,6,10-12,14-15,21H,4-5,7-9H2,1-2H3,(H,20,22);1H. The van der Waals surface area contributed by atoms with Gasteiger partial charge in [-0.15, -0.1) is 12.4 Å². The summed E-state index contributed by atoms with van der Waals surface area (Å²) in [6.45, 7) is 1.88. The summed E-state index contributed by atoms with van der Waals surface area (Å²) in [5, 5.41) is 6.58. The van der Waals surface area contributed by atoms with Crippen LogP contribution in [0.15, 0.2) is 18.2 Å². The first-order valence-corrected chi connectivity index (χ1v) is 8.44. The Bertz CT molecular complexity index is 572. The minimum atomic E-state index is -0.402. The molecule has 0 aliphatic carbocycles. The van der Waals surface area contributed by atoms with Crippen LogP contribution in [-0.2, 0) is 4.79 Å². The summed E-state index contributed by atoms with van der Waals surface area (Å²) in [6, 6.07) is 5.80. The topological polar surface area (TPSA) is 50.4 Å². The van der Waals surface area contributed by atoms with Gasteiger partial charge in [0.15, 0.2) is 11.6 Å². The molecule has 2 fully saturated rings. The first kappa shape index (κ1) is 19.0. The Morgan fingerprint density at radius 1 is 1.38 bits per heavy atom. The maximum Gasteiger partial charge on any atom is 0.220 e. The fourth-order valence-electron chi connectivity index (χ4n) is 3.94. The number of rotatable bonds is 5. The molecule has 3 unspecified atom stereocenters. The van der Waals surface area contributed by atoms with Crippen molar-refractivity contribution < 1.29 is 13.9 Å². The zero-order valence-electron chi connectivity index (χ0n) is 14.2. The minimum Gasteiger partial charge on any atom is -0.494 e. The van der Waals surface area contributed by atoms with E-state index in [-0.39, 0.29) is 30.1 Å². The molecule has 0 radical (unpaired) electrons. The van der Waals surface area contributed by atoms with Gasteiger partial charge in [0.05, 0.1) is 13.2 Å². The maximum atomic E-state index is 13.8. The van der Waals surface area contributed by atoms with Crippen LogP contribution in [0, 0.1) is 11.7 Å². The van der Waals surface area contributed by atoms with Crippen molar-refractivity contribution in [2.45, 2.75) is 57.2 Å². The zero-order valence-corrected chi connectivity index (χ0v) is 15.0. The monoisotopic (exact) mass is 356 g/mol. The second kappa shape index (κ2) is 8.17.